The highest BCUT2D eigenvalue weighted by molar-refractivity contribution is 6.32. The molecule has 8 rings (SSSR count). The van der Waals surface area contributed by atoms with Crippen LogP contribution in [0.5, 0.6) is 0 Å². The number of anilines is 3. The van der Waals surface area contributed by atoms with Crippen molar-refractivity contribution in [1.29, 1.82) is 5.26 Å². The van der Waals surface area contributed by atoms with Gasteiger partial charge in [-0.1, -0.05) is 11.6 Å². The number of aliphatic hydroxyl groups excluding tert-OH is 1. The normalized spacial score (nSPS) is 24.7. The van der Waals surface area contributed by atoms with Crippen LogP contribution in [0.15, 0.2) is 60.7 Å². The number of nitrogens with zero attached hydrogens (tertiary/aromatic N) is 5. The number of piperazine rings is 1. The van der Waals surface area contributed by atoms with Gasteiger partial charge in [-0.15, -0.1) is 0 Å². The van der Waals surface area contributed by atoms with Crippen molar-refractivity contribution < 1.29 is 24.3 Å². The molecule has 4 heterocycles. The van der Waals surface area contributed by atoms with E-state index in [2.05, 4.69) is 48.9 Å². The average Bonchev–Trinajstić information content (AvgIpc) is 3.46. The Labute approximate surface area is 331 Å². The molecule has 4 N–H and O–H groups in total. The van der Waals surface area contributed by atoms with Crippen molar-refractivity contribution in [3.05, 3.63) is 87.9 Å². The van der Waals surface area contributed by atoms with E-state index in [4.69, 9.17) is 16.9 Å². The van der Waals surface area contributed by atoms with Crippen molar-refractivity contribution in [1.82, 2.24) is 20.4 Å². The van der Waals surface area contributed by atoms with Crippen molar-refractivity contribution in [2.45, 2.75) is 81.8 Å². The fraction of sp³-hybridized carbons (Fsp3) is 0.452. The third-order valence-corrected chi connectivity index (χ3v) is 12.5. The van der Waals surface area contributed by atoms with Crippen LogP contribution in [-0.4, -0.2) is 108 Å². The number of carbonyl (C=O) groups is 4. The molecule has 3 aromatic carbocycles. The number of carbonyl (C=O) groups excluding carboxylic acids is 4. The van der Waals surface area contributed by atoms with Crippen LogP contribution in [0.2, 0.25) is 5.02 Å². The van der Waals surface area contributed by atoms with Crippen LogP contribution in [0.3, 0.4) is 0 Å². The minimum Gasteiger partial charge on any atom is -0.382 e. The Kier molecular flexibility index (Phi) is 10.9. The Morgan fingerprint density at radius 2 is 1.41 bits per heavy atom. The van der Waals surface area contributed by atoms with Gasteiger partial charge in [0.2, 0.25) is 5.91 Å². The molecule has 4 fully saturated rings. The lowest BCUT2D eigenvalue weighted by atomic mass is 9.90. The molecule has 3 aromatic rings. The van der Waals surface area contributed by atoms with E-state index >= 15 is 0 Å². The number of piperidine rings is 2. The molecule has 5 aliphatic rings. The number of hydrogen-bond donors (Lipinski definition) is 4. The minimum atomic E-state index is -0.956. The molecule has 2 unspecified atom stereocenters. The lowest BCUT2D eigenvalue weighted by molar-refractivity contribution is -0.131. The van der Waals surface area contributed by atoms with Gasteiger partial charge in [0.25, 0.3) is 17.7 Å². The summed E-state index contributed by atoms with van der Waals surface area (Å²) in [6, 6.07) is 20.8. The summed E-state index contributed by atoms with van der Waals surface area (Å²) in [7, 11) is 0. The van der Waals surface area contributed by atoms with Crippen LogP contribution in [0, 0.1) is 11.3 Å². The number of nitrogens with one attached hydrogen (secondary N) is 3. The molecule has 292 valence electrons. The number of halogens is 1. The molecule has 14 heteroatoms. The molecule has 0 aromatic heterocycles. The highest BCUT2D eigenvalue weighted by Gasteiger charge is 2.45. The molecule has 1 aliphatic carbocycles. The van der Waals surface area contributed by atoms with Crippen LogP contribution in [0.25, 0.3) is 0 Å². The number of imide groups is 1. The zero-order valence-electron chi connectivity index (χ0n) is 31.3. The maximum atomic E-state index is 13.4. The Bertz CT molecular complexity index is 2030. The molecule has 3 saturated heterocycles. The van der Waals surface area contributed by atoms with Gasteiger partial charge < -0.3 is 30.9 Å². The summed E-state index contributed by atoms with van der Waals surface area (Å²) in [4.78, 5) is 60.4. The fourth-order valence-corrected chi connectivity index (χ4v) is 9.22. The predicted octanol–water partition coefficient (Wildman–Crippen LogP) is 4.35. The highest BCUT2D eigenvalue weighted by Crippen LogP contribution is 2.32. The summed E-state index contributed by atoms with van der Waals surface area (Å²) in [6.45, 7) is 5.31. The van der Waals surface area contributed by atoms with Gasteiger partial charge in [-0.25, -0.2) is 0 Å². The molecule has 2 atom stereocenters. The Balaban J connectivity index is 0.771. The molecule has 56 heavy (non-hydrogen) atoms. The molecule has 4 aliphatic heterocycles. The molecular formula is C42H47ClN8O5. The molecule has 0 radical (unpaired) electrons. The van der Waals surface area contributed by atoms with E-state index in [1.165, 1.54) is 0 Å². The smallest absolute Gasteiger partial charge is 0.262 e. The third-order valence-electron chi connectivity index (χ3n) is 12.2. The Morgan fingerprint density at radius 1 is 0.750 bits per heavy atom. The monoisotopic (exact) mass is 778 g/mol. The zero-order valence-corrected chi connectivity index (χ0v) is 32.0. The topological polar surface area (TPSA) is 161 Å². The van der Waals surface area contributed by atoms with Crippen LogP contribution < -0.4 is 25.8 Å². The Morgan fingerprint density at radius 3 is 2.09 bits per heavy atom. The summed E-state index contributed by atoms with van der Waals surface area (Å²) >= 11 is 6.19. The number of nitriles is 1. The van der Waals surface area contributed by atoms with Crippen molar-refractivity contribution >= 4 is 52.3 Å². The maximum Gasteiger partial charge on any atom is 0.262 e. The van der Waals surface area contributed by atoms with Gasteiger partial charge in [-0.05, 0) is 112 Å². The number of hydrogen-bond acceptors (Lipinski definition) is 10. The van der Waals surface area contributed by atoms with Crippen molar-refractivity contribution in [3.63, 3.8) is 0 Å². The standard InChI is InChI=1S/C42H47ClN8O5/c43-36-23-30(4-1-27(36)25-44)45-28-5-7-29(8-6-28)46-39(53)26-2-9-31(10-3-26)48-17-15-32(16-18-48)49-19-21-50(22-20-49)33-11-12-34-35(24-33)42(56)51(41(34)55)37-13-14-38(52)47-40(37)54/h1-4,9-12,23-24,28-29,32,37-38,45,52H,5-8,13-22H2,(H,46,53)(H,47,54)/t28-,29-,37?,38?. The van der Waals surface area contributed by atoms with Crippen LogP contribution in [-0.2, 0) is 4.79 Å². The summed E-state index contributed by atoms with van der Waals surface area (Å²) in [5.74, 6) is -1.46. The van der Waals surface area contributed by atoms with Crippen molar-refractivity contribution in [2.24, 2.45) is 0 Å². The predicted molar refractivity (Wildman–Crippen MR) is 213 cm³/mol. The van der Waals surface area contributed by atoms with Gasteiger partial charge in [-0.3, -0.25) is 29.0 Å². The fourth-order valence-electron chi connectivity index (χ4n) is 8.99. The molecule has 4 amide bonds. The largest absolute Gasteiger partial charge is 0.382 e. The second kappa shape index (κ2) is 16.1. The van der Waals surface area contributed by atoms with Crippen LogP contribution >= 0.6 is 11.6 Å². The molecular weight excluding hydrogens is 732 g/mol. The van der Waals surface area contributed by atoms with E-state index < -0.39 is 30.0 Å². The molecule has 13 nitrogen and oxygen atoms in total. The van der Waals surface area contributed by atoms with E-state index in [1.54, 1.807) is 24.3 Å². The van der Waals surface area contributed by atoms with E-state index in [9.17, 15) is 24.3 Å². The summed E-state index contributed by atoms with van der Waals surface area (Å²) < 4.78 is 0. The second-order valence-corrected chi connectivity index (χ2v) is 16.0. The lowest BCUT2D eigenvalue weighted by Gasteiger charge is -2.44. The zero-order chi connectivity index (χ0) is 38.9. The summed E-state index contributed by atoms with van der Waals surface area (Å²) in [5, 5.41) is 28.5. The van der Waals surface area contributed by atoms with E-state index in [1.807, 2.05) is 24.3 Å². The lowest BCUT2D eigenvalue weighted by Crippen LogP contribution is -2.55. The minimum absolute atomic E-state index is 0.0401. The van der Waals surface area contributed by atoms with Crippen molar-refractivity contribution in [3.8, 4) is 6.07 Å². The molecule has 0 bridgehead atoms. The second-order valence-electron chi connectivity index (χ2n) is 15.6. The number of amides is 4. The van der Waals surface area contributed by atoms with E-state index in [-0.39, 0.29) is 24.8 Å². The number of benzene rings is 3. The summed E-state index contributed by atoms with van der Waals surface area (Å²) in [6.07, 6.45) is 5.32. The third kappa shape index (κ3) is 7.78. The van der Waals surface area contributed by atoms with E-state index in [0.717, 1.165) is 99.8 Å². The van der Waals surface area contributed by atoms with Crippen molar-refractivity contribution in [2.75, 3.05) is 54.4 Å². The van der Waals surface area contributed by atoms with Gasteiger partial charge >= 0.3 is 0 Å². The van der Waals surface area contributed by atoms with E-state index in [0.29, 0.717) is 39.4 Å². The number of rotatable bonds is 8. The van der Waals surface area contributed by atoms with Gasteiger partial charge in [0.05, 0.1) is 21.7 Å². The Hall–Kier alpha value is -5.16. The maximum absolute atomic E-state index is 13.4. The number of fused-ring (bicyclic) bond motifs is 1. The summed E-state index contributed by atoms with van der Waals surface area (Å²) in [5.41, 5.74) is 4.71. The SMILES string of the molecule is N#Cc1ccc(N[C@H]2CC[C@H](NC(=O)c3ccc(N4CCC(N5CCN(c6ccc7c(c6)C(=O)N(C6CCC(O)NC6=O)C7=O)CC5)CC4)cc3)CC2)cc1Cl. The first-order valence-electron chi connectivity index (χ1n) is 19.8. The van der Waals surface area contributed by atoms with Crippen LogP contribution in [0.1, 0.15) is 88.0 Å². The van der Waals surface area contributed by atoms with Gasteiger partial charge in [-0.2, -0.15) is 5.26 Å². The van der Waals surface area contributed by atoms with Gasteiger partial charge in [0.15, 0.2) is 0 Å². The molecule has 0 spiro atoms. The quantitative estimate of drug-likeness (QED) is 0.242. The first-order chi connectivity index (χ1) is 27.1. The van der Waals surface area contributed by atoms with Gasteiger partial charge in [0.1, 0.15) is 18.3 Å². The first-order valence-corrected chi connectivity index (χ1v) is 20.1. The molecule has 1 saturated carbocycles. The first kappa shape index (κ1) is 37.7. The highest BCUT2D eigenvalue weighted by atomic mass is 35.5. The van der Waals surface area contributed by atoms with Crippen LogP contribution in [0.4, 0.5) is 17.1 Å². The average molecular weight is 779 g/mol. The van der Waals surface area contributed by atoms with Gasteiger partial charge in [0, 0.05) is 80.0 Å². The number of aliphatic hydroxyl groups is 1.